The molecule has 9 heteroatoms. The smallest absolute Gasteiger partial charge is 0.266 e. The molecule has 2 aromatic carbocycles. The molecule has 0 unspecified atom stereocenters. The van der Waals surface area contributed by atoms with E-state index < -0.39 is 0 Å². The van der Waals surface area contributed by atoms with Crippen LogP contribution in [0.5, 0.6) is 5.75 Å². The Morgan fingerprint density at radius 3 is 2.72 bits per heavy atom. The first-order valence-corrected chi connectivity index (χ1v) is 11.6. The molecule has 2 aliphatic rings. The lowest BCUT2D eigenvalue weighted by molar-refractivity contribution is -0.121. The molecule has 0 atom stereocenters. The molecule has 4 rings (SSSR count). The van der Waals surface area contributed by atoms with Gasteiger partial charge in [0.1, 0.15) is 5.75 Å². The summed E-state index contributed by atoms with van der Waals surface area (Å²) in [5, 5.41) is 0.560. The number of ether oxygens (including phenoxy) is 2. The molecular formula is C23H22BrN3O4S. The van der Waals surface area contributed by atoms with E-state index in [1.165, 1.54) is 16.7 Å². The van der Waals surface area contributed by atoms with Gasteiger partial charge in [0.2, 0.25) is 0 Å². The average Bonchev–Trinajstić information content (AvgIpc) is 3.07. The van der Waals surface area contributed by atoms with Crippen LogP contribution in [-0.2, 0) is 9.53 Å². The number of methoxy groups -OCH3 is 1. The van der Waals surface area contributed by atoms with Crippen molar-refractivity contribution in [2.45, 2.75) is 0 Å². The number of benzene rings is 2. The first kappa shape index (κ1) is 22.6. The maximum atomic E-state index is 12.8. The van der Waals surface area contributed by atoms with Gasteiger partial charge < -0.3 is 14.4 Å². The van der Waals surface area contributed by atoms with Crippen molar-refractivity contribution < 1.29 is 19.1 Å². The van der Waals surface area contributed by atoms with Crippen molar-refractivity contribution in [1.82, 2.24) is 9.80 Å². The molecule has 2 heterocycles. The van der Waals surface area contributed by atoms with Crippen LogP contribution in [0.4, 0.5) is 5.69 Å². The number of nitrogens with zero attached hydrogens (tertiary/aromatic N) is 3. The van der Waals surface area contributed by atoms with Crippen LogP contribution in [-0.4, -0.2) is 67.2 Å². The molecule has 0 saturated carbocycles. The molecule has 0 radical (unpaired) electrons. The molecule has 0 spiro atoms. The Labute approximate surface area is 199 Å². The van der Waals surface area contributed by atoms with Gasteiger partial charge in [0.15, 0.2) is 5.17 Å². The summed E-state index contributed by atoms with van der Waals surface area (Å²) in [6.07, 6.45) is 1.83. The highest BCUT2D eigenvalue weighted by Crippen LogP contribution is 2.34. The van der Waals surface area contributed by atoms with E-state index >= 15 is 0 Å². The number of hydrogen-bond acceptors (Lipinski definition) is 6. The van der Waals surface area contributed by atoms with Gasteiger partial charge in [-0.3, -0.25) is 14.5 Å². The van der Waals surface area contributed by atoms with Gasteiger partial charge in [-0.2, -0.15) is 0 Å². The number of carbonyl (C=O) groups is 2. The van der Waals surface area contributed by atoms with Gasteiger partial charge in [0.05, 0.1) is 35.4 Å². The number of halogens is 1. The minimum Gasteiger partial charge on any atom is -0.496 e. The Hall–Kier alpha value is -2.62. The minimum absolute atomic E-state index is 0.0375. The van der Waals surface area contributed by atoms with Crippen molar-refractivity contribution >= 4 is 56.4 Å². The highest BCUT2D eigenvalue weighted by Gasteiger charge is 2.30. The van der Waals surface area contributed by atoms with E-state index in [0.717, 1.165) is 15.8 Å². The zero-order chi connectivity index (χ0) is 22.7. The monoisotopic (exact) mass is 515 g/mol. The molecule has 7 nitrogen and oxygen atoms in total. The van der Waals surface area contributed by atoms with Crippen molar-refractivity contribution in [1.29, 1.82) is 0 Å². The molecule has 0 aliphatic carbocycles. The number of hydrogen-bond donors (Lipinski definition) is 0. The third-order valence-electron chi connectivity index (χ3n) is 5.09. The van der Waals surface area contributed by atoms with Crippen molar-refractivity contribution in [3.8, 4) is 5.75 Å². The Morgan fingerprint density at radius 2 is 2.00 bits per heavy atom. The summed E-state index contributed by atoms with van der Waals surface area (Å²) in [5.41, 5.74) is 2.07. The van der Waals surface area contributed by atoms with Gasteiger partial charge in [0, 0.05) is 25.7 Å². The molecule has 0 N–H and O–H groups in total. The number of amidine groups is 1. The molecule has 2 saturated heterocycles. The maximum Gasteiger partial charge on any atom is 0.266 e. The maximum absolute atomic E-state index is 12.8. The molecule has 2 amide bonds. The Balaban J connectivity index is 1.55. The van der Waals surface area contributed by atoms with Gasteiger partial charge in [-0.05, 0) is 69.7 Å². The highest BCUT2D eigenvalue weighted by molar-refractivity contribution is 9.10. The lowest BCUT2D eigenvalue weighted by Gasteiger charge is -2.26. The molecule has 32 heavy (non-hydrogen) atoms. The van der Waals surface area contributed by atoms with Gasteiger partial charge in [-0.25, -0.2) is 4.99 Å². The summed E-state index contributed by atoms with van der Waals surface area (Å²) in [7, 11) is 3.30. The van der Waals surface area contributed by atoms with Crippen LogP contribution in [0.3, 0.4) is 0 Å². The van der Waals surface area contributed by atoms with E-state index in [1.54, 1.807) is 37.3 Å². The number of rotatable bonds is 4. The van der Waals surface area contributed by atoms with E-state index in [0.29, 0.717) is 47.6 Å². The number of likely N-dealkylation sites (N-methyl/N-ethyl adjacent to an activating group) is 1. The number of amides is 2. The van der Waals surface area contributed by atoms with Crippen LogP contribution in [0.15, 0.2) is 56.8 Å². The van der Waals surface area contributed by atoms with Crippen LogP contribution in [0.2, 0.25) is 0 Å². The molecule has 166 valence electrons. The molecule has 0 bridgehead atoms. The largest absolute Gasteiger partial charge is 0.496 e. The Morgan fingerprint density at radius 1 is 1.22 bits per heavy atom. The topological polar surface area (TPSA) is 71.4 Å². The molecule has 2 fully saturated rings. The van der Waals surface area contributed by atoms with Gasteiger partial charge in [0.25, 0.3) is 11.8 Å². The van der Waals surface area contributed by atoms with E-state index in [9.17, 15) is 9.59 Å². The third-order valence-corrected chi connectivity index (χ3v) is 6.77. The third kappa shape index (κ3) is 4.90. The fraction of sp³-hybridized carbons (Fsp3) is 0.261. The lowest BCUT2D eigenvalue weighted by atomic mass is 10.1. The van der Waals surface area contributed by atoms with E-state index in [2.05, 4.69) is 20.9 Å². The molecular weight excluding hydrogens is 494 g/mol. The second kappa shape index (κ2) is 9.89. The summed E-state index contributed by atoms with van der Waals surface area (Å²) in [6.45, 7) is 2.27. The molecule has 2 aliphatic heterocycles. The van der Waals surface area contributed by atoms with Crippen LogP contribution in [0.1, 0.15) is 15.9 Å². The van der Waals surface area contributed by atoms with Crippen molar-refractivity contribution in [2.24, 2.45) is 4.99 Å². The molecule has 0 aromatic heterocycles. The first-order chi connectivity index (χ1) is 15.5. The number of aliphatic imine (C=N–C) groups is 1. The number of morpholine rings is 1. The van der Waals surface area contributed by atoms with E-state index in [1.807, 2.05) is 30.3 Å². The number of carbonyl (C=O) groups excluding carboxylic acids is 2. The normalized spacial score (nSPS) is 19.2. The summed E-state index contributed by atoms with van der Waals surface area (Å²) >= 11 is 4.77. The van der Waals surface area contributed by atoms with Crippen LogP contribution >= 0.6 is 27.7 Å². The van der Waals surface area contributed by atoms with Gasteiger partial charge >= 0.3 is 0 Å². The van der Waals surface area contributed by atoms with Crippen LogP contribution in [0, 0.1) is 0 Å². The van der Waals surface area contributed by atoms with E-state index in [-0.39, 0.29) is 11.8 Å². The van der Waals surface area contributed by atoms with Gasteiger partial charge in [-0.15, -0.1) is 0 Å². The summed E-state index contributed by atoms with van der Waals surface area (Å²) in [4.78, 5) is 34.0. The predicted molar refractivity (Wildman–Crippen MR) is 129 cm³/mol. The highest BCUT2D eigenvalue weighted by atomic mass is 79.9. The van der Waals surface area contributed by atoms with Crippen molar-refractivity contribution in [3.05, 3.63) is 63.0 Å². The van der Waals surface area contributed by atoms with Crippen molar-refractivity contribution in [2.75, 3.05) is 40.5 Å². The summed E-state index contributed by atoms with van der Waals surface area (Å²) in [6, 6.07) is 12.8. The fourth-order valence-electron chi connectivity index (χ4n) is 3.34. The zero-order valence-corrected chi connectivity index (χ0v) is 20.1. The molecule has 2 aromatic rings. The Bertz CT molecular complexity index is 1110. The second-order valence-electron chi connectivity index (χ2n) is 7.22. The minimum atomic E-state index is -0.124. The Kier molecular flexibility index (Phi) is 6.98. The zero-order valence-electron chi connectivity index (χ0n) is 17.7. The number of thioether (sulfide) groups is 1. The van der Waals surface area contributed by atoms with Crippen LogP contribution < -0.4 is 4.74 Å². The second-order valence-corrected chi connectivity index (χ2v) is 9.08. The predicted octanol–water partition coefficient (Wildman–Crippen LogP) is 4.16. The average molecular weight is 516 g/mol. The van der Waals surface area contributed by atoms with Gasteiger partial charge in [-0.1, -0.05) is 12.1 Å². The van der Waals surface area contributed by atoms with Crippen LogP contribution in [0.25, 0.3) is 6.08 Å². The summed E-state index contributed by atoms with van der Waals surface area (Å²) < 4.78 is 11.4. The first-order valence-electron chi connectivity index (χ1n) is 10.0. The quantitative estimate of drug-likeness (QED) is 0.571. The standard InChI is InChI=1S/C23H22BrN3O4S/c1-26-22(29)20(13-15-6-7-19(30-2)18(24)12-15)32-23(26)25-17-5-3-4-16(14-17)21(28)27-8-10-31-11-9-27/h3-7,12-14H,8-11H2,1-2H3/b20-13+,25-23?. The lowest BCUT2D eigenvalue weighted by Crippen LogP contribution is -2.40. The SMILES string of the molecule is COc1ccc(/C=C2/SC(=Nc3cccc(C(=O)N4CCOCC4)c3)N(C)C2=O)cc1Br. The van der Waals surface area contributed by atoms with E-state index in [4.69, 9.17) is 9.47 Å². The van der Waals surface area contributed by atoms with Crippen molar-refractivity contribution in [3.63, 3.8) is 0 Å². The fourth-order valence-corrected chi connectivity index (χ4v) is 4.89. The summed E-state index contributed by atoms with van der Waals surface area (Å²) in [5.74, 6) is 0.564.